The predicted molar refractivity (Wildman–Crippen MR) is 61.0 cm³/mol. The molecule has 0 heterocycles. The molecule has 0 saturated heterocycles. The average molecular weight is 214 g/mol. The quantitative estimate of drug-likeness (QED) is 0.679. The van der Waals surface area contributed by atoms with Gasteiger partial charge < -0.3 is 11.1 Å². The summed E-state index contributed by atoms with van der Waals surface area (Å²) < 4.78 is 0. The van der Waals surface area contributed by atoms with Gasteiger partial charge in [0.05, 0.1) is 11.0 Å². The molecule has 0 aromatic carbocycles. The lowest BCUT2D eigenvalue weighted by Gasteiger charge is -2.25. The summed E-state index contributed by atoms with van der Waals surface area (Å²) in [5.41, 5.74) is 5.49. The van der Waals surface area contributed by atoms with Gasteiger partial charge in [-0.25, -0.2) is 0 Å². The Morgan fingerprint density at radius 3 is 2.64 bits per heavy atom. The van der Waals surface area contributed by atoms with Gasteiger partial charge in [-0.3, -0.25) is 4.79 Å². The van der Waals surface area contributed by atoms with Crippen LogP contribution >= 0.6 is 12.2 Å². The van der Waals surface area contributed by atoms with Crippen LogP contribution in [0.5, 0.6) is 0 Å². The molecule has 1 atom stereocenters. The van der Waals surface area contributed by atoms with Gasteiger partial charge in [-0.15, -0.1) is 0 Å². The number of hydrogen-bond acceptors (Lipinski definition) is 2. The van der Waals surface area contributed by atoms with Crippen molar-refractivity contribution < 1.29 is 4.79 Å². The van der Waals surface area contributed by atoms with Gasteiger partial charge in [-0.2, -0.15) is 0 Å². The molecular formula is C10H18N2OS. The van der Waals surface area contributed by atoms with Crippen molar-refractivity contribution in [1.29, 1.82) is 0 Å². The second kappa shape index (κ2) is 5.29. The van der Waals surface area contributed by atoms with Crippen LogP contribution in [0.1, 0.15) is 39.0 Å². The molecule has 1 unspecified atom stereocenters. The van der Waals surface area contributed by atoms with Gasteiger partial charge in [-0.05, 0) is 25.2 Å². The Morgan fingerprint density at radius 1 is 1.64 bits per heavy atom. The molecule has 1 saturated carbocycles. The van der Waals surface area contributed by atoms with Crippen molar-refractivity contribution in [2.75, 3.05) is 0 Å². The maximum Gasteiger partial charge on any atom is 0.220 e. The molecule has 1 aliphatic rings. The lowest BCUT2D eigenvalue weighted by molar-refractivity contribution is -0.122. The monoisotopic (exact) mass is 214 g/mol. The summed E-state index contributed by atoms with van der Waals surface area (Å²) in [7, 11) is 0. The van der Waals surface area contributed by atoms with Crippen molar-refractivity contribution in [3.63, 3.8) is 0 Å². The maximum atomic E-state index is 11.5. The molecule has 0 aromatic heterocycles. The lowest BCUT2D eigenvalue weighted by atomic mass is 9.83. The number of nitrogens with one attached hydrogen (secondary N) is 1. The molecule has 1 aliphatic carbocycles. The van der Waals surface area contributed by atoms with E-state index in [1.165, 1.54) is 19.3 Å². The van der Waals surface area contributed by atoms with Crippen molar-refractivity contribution in [3.05, 3.63) is 0 Å². The van der Waals surface area contributed by atoms with E-state index in [-0.39, 0.29) is 11.9 Å². The van der Waals surface area contributed by atoms with E-state index in [4.69, 9.17) is 18.0 Å². The van der Waals surface area contributed by atoms with Gasteiger partial charge in [0.1, 0.15) is 0 Å². The van der Waals surface area contributed by atoms with Crippen LogP contribution in [0, 0.1) is 5.92 Å². The topological polar surface area (TPSA) is 55.1 Å². The summed E-state index contributed by atoms with van der Waals surface area (Å²) in [5.74, 6) is 0.688. The smallest absolute Gasteiger partial charge is 0.220 e. The average Bonchev–Trinajstić information content (AvgIpc) is 2.07. The first-order valence-electron chi connectivity index (χ1n) is 5.22. The summed E-state index contributed by atoms with van der Waals surface area (Å²) in [6.07, 6.45) is 5.06. The minimum Gasteiger partial charge on any atom is -0.392 e. The van der Waals surface area contributed by atoms with Crippen LogP contribution in [0.25, 0.3) is 0 Å². The number of carbonyl (C=O) groups is 1. The van der Waals surface area contributed by atoms with Crippen molar-refractivity contribution in [2.45, 2.75) is 45.1 Å². The van der Waals surface area contributed by atoms with Crippen LogP contribution < -0.4 is 11.1 Å². The van der Waals surface area contributed by atoms with E-state index in [2.05, 4.69) is 5.32 Å². The zero-order valence-electron chi connectivity index (χ0n) is 8.58. The van der Waals surface area contributed by atoms with Gasteiger partial charge in [-0.1, -0.05) is 25.6 Å². The van der Waals surface area contributed by atoms with Crippen LogP contribution in [-0.4, -0.2) is 16.9 Å². The van der Waals surface area contributed by atoms with Crippen molar-refractivity contribution in [2.24, 2.45) is 11.7 Å². The van der Waals surface area contributed by atoms with Gasteiger partial charge in [0.25, 0.3) is 0 Å². The van der Waals surface area contributed by atoms with Gasteiger partial charge >= 0.3 is 0 Å². The minimum absolute atomic E-state index is 0.0920. The number of hydrogen-bond donors (Lipinski definition) is 2. The minimum atomic E-state index is -0.127. The third-order valence-corrected chi connectivity index (χ3v) is 3.07. The van der Waals surface area contributed by atoms with E-state index in [0.29, 0.717) is 17.3 Å². The Hall–Kier alpha value is -0.640. The van der Waals surface area contributed by atoms with E-state index in [9.17, 15) is 4.79 Å². The third-order valence-electron chi connectivity index (χ3n) is 2.79. The van der Waals surface area contributed by atoms with Gasteiger partial charge in [0.15, 0.2) is 0 Å². The molecule has 0 bridgehead atoms. The van der Waals surface area contributed by atoms with Crippen LogP contribution in [-0.2, 0) is 4.79 Å². The highest BCUT2D eigenvalue weighted by Crippen LogP contribution is 2.29. The van der Waals surface area contributed by atoms with Crippen LogP contribution in [0.15, 0.2) is 0 Å². The van der Waals surface area contributed by atoms with Crippen molar-refractivity contribution in [3.8, 4) is 0 Å². The highest BCUT2D eigenvalue weighted by molar-refractivity contribution is 7.80. The number of amides is 1. The molecule has 3 nitrogen and oxygen atoms in total. The second-order valence-corrected chi connectivity index (χ2v) is 4.40. The Balaban J connectivity index is 2.26. The molecule has 0 aliphatic heterocycles. The predicted octanol–water partition coefficient (Wildman–Crippen LogP) is 1.36. The molecule has 80 valence electrons. The molecule has 0 radical (unpaired) electrons. The molecule has 0 aromatic rings. The number of rotatable bonds is 5. The molecule has 1 amide bonds. The fourth-order valence-electron chi connectivity index (χ4n) is 1.59. The van der Waals surface area contributed by atoms with E-state index < -0.39 is 0 Å². The highest BCUT2D eigenvalue weighted by Gasteiger charge is 2.22. The van der Waals surface area contributed by atoms with E-state index >= 15 is 0 Å². The van der Waals surface area contributed by atoms with E-state index in [1.54, 1.807) is 0 Å². The summed E-state index contributed by atoms with van der Waals surface area (Å²) in [6, 6.07) is -0.127. The van der Waals surface area contributed by atoms with Crippen molar-refractivity contribution in [1.82, 2.24) is 5.32 Å². The Kier molecular flexibility index (Phi) is 4.32. The summed E-state index contributed by atoms with van der Waals surface area (Å²) in [5, 5.41) is 2.86. The van der Waals surface area contributed by atoms with Crippen LogP contribution in [0.3, 0.4) is 0 Å². The van der Waals surface area contributed by atoms with Crippen LogP contribution in [0.2, 0.25) is 0 Å². The van der Waals surface area contributed by atoms with Crippen molar-refractivity contribution >= 4 is 23.1 Å². The second-order valence-electron chi connectivity index (χ2n) is 3.93. The molecule has 1 fully saturated rings. The summed E-state index contributed by atoms with van der Waals surface area (Å²) in [6.45, 7) is 1.97. The maximum absolute atomic E-state index is 11.5. The molecule has 3 N–H and O–H groups in total. The summed E-state index contributed by atoms with van der Waals surface area (Å²) in [4.78, 5) is 11.9. The molecule has 1 rings (SSSR count). The highest BCUT2D eigenvalue weighted by atomic mass is 32.1. The van der Waals surface area contributed by atoms with Gasteiger partial charge in [0, 0.05) is 6.42 Å². The number of thiocarbonyl (C=S) groups is 1. The lowest BCUT2D eigenvalue weighted by Crippen LogP contribution is -2.43. The standard InChI is InChI=1S/C10H18N2OS/c1-2-8(10(11)14)12-9(13)6-7-4-3-5-7/h7-8H,2-6H2,1H3,(H2,11,14)(H,12,13). The largest absolute Gasteiger partial charge is 0.392 e. The first kappa shape index (κ1) is 11.4. The zero-order chi connectivity index (χ0) is 10.6. The fourth-order valence-corrected chi connectivity index (χ4v) is 1.81. The third kappa shape index (κ3) is 3.25. The molecule has 14 heavy (non-hydrogen) atoms. The first-order chi connectivity index (χ1) is 6.63. The van der Waals surface area contributed by atoms with E-state index in [0.717, 1.165) is 6.42 Å². The number of carbonyl (C=O) groups excluding carboxylic acids is 1. The normalized spacial score (nSPS) is 18.4. The first-order valence-corrected chi connectivity index (χ1v) is 5.63. The Labute approximate surface area is 90.4 Å². The Morgan fingerprint density at radius 2 is 2.29 bits per heavy atom. The summed E-state index contributed by atoms with van der Waals surface area (Å²) >= 11 is 4.85. The SMILES string of the molecule is CCC(NC(=O)CC1CCC1)C(N)=S. The zero-order valence-corrected chi connectivity index (χ0v) is 9.40. The van der Waals surface area contributed by atoms with Crippen LogP contribution in [0.4, 0.5) is 0 Å². The number of nitrogens with two attached hydrogens (primary N) is 1. The van der Waals surface area contributed by atoms with E-state index in [1.807, 2.05) is 6.92 Å². The Bertz CT molecular complexity index is 226. The van der Waals surface area contributed by atoms with Gasteiger partial charge in [0.2, 0.25) is 5.91 Å². The molecule has 0 spiro atoms. The fraction of sp³-hybridized carbons (Fsp3) is 0.800. The molecule has 4 heteroatoms. The molecular weight excluding hydrogens is 196 g/mol.